The molecule has 0 saturated carbocycles. The summed E-state index contributed by atoms with van der Waals surface area (Å²) in [6.07, 6.45) is 0. The molecule has 0 aliphatic carbocycles. The molecule has 0 bridgehead atoms. The van der Waals surface area contributed by atoms with E-state index in [9.17, 15) is 14.0 Å². The second kappa shape index (κ2) is 8.04. The number of ketones is 1. The Morgan fingerprint density at radius 1 is 1.07 bits per heavy atom. The van der Waals surface area contributed by atoms with Crippen LogP contribution in [-0.2, 0) is 14.3 Å². The minimum absolute atomic E-state index is 0.110. The van der Waals surface area contributed by atoms with Gasteiger partial charge in [0.25, 0.3) is 5.72 Å². The van der Waals surface area contributed by atoms with Gasteiger partial charge in [-0.15, -0.1) is 0 Å². The van der Waals surface area contributed by atoms with E-state index in [1.807, 2.05) is 0 Å². The van der Waals surface area contributed by atoms with Crippen molar-refractivity contribution in [3.63, 3.8) is 0 Å². The zero-order valence-corrected chi connectivity index (χ0v) is 16.1. The van der Waals surface area contributed by atoms with Crippen molar-refractivity contribution in [3.05, 3.63) is 71.5 Å². The number of rotatable bonds is 5. The highest BCUT2D eigenvalue weighted by Gasteiger charge is 2.58. The summed E-state index contributed by atoms with van der Waals surface area (Å²) in [4.78, 5) is 26.2. The van der Waals surface area contributed by atoms with Crippen LogP contribution in [0.25, 0.3) is 0 Å². The monoisotopic (exact) mass is 402 g/mol. The summed E-state index contributed by atoms with van der Waals surface area (Å²) in [7, 11) is 2.50. The molecular formula is C20H19FN2O4S. The van der Waals surface area contributed by atoms with Crippen LogP contribution in [0.3, 0.4) is 0 Å². The number of thiocarbonyl (C=S) groups is 1. The van der Waals surface area contributed by atoms with Gasteiger partial charge in [0.1, 0.15) is 11.7 Å². The fourth-order valence-electron chi connectivity index (χ4n) is 3.40. The van der Waals surface area contributed by atoms with Gasteiger partial charge in [-0.25, -0.2) is 9.18 Å². The first-order valence-electron chi connectivity index (χ1n) is 8.50. The van der Waals surface area contributed by atoms with E-state index < -0.39 is 29.5 Å². The molecule has 2 aromatic carbocycles. The molecule has 1 aliphatic heterocycles. The van der Waals surface area contributed by atoms with Crippen LogP contribution in [0, 0.1) is 11.7 Å². The number of esters is 1. The number of nitrogens with one attached hydrogen (secondary N) is 2. The first-order chi connectivity index (χ1) is 13.4. The van der Waals surface area contributed by atoms with Crippen molar-refractivity contribution in [1.82, 2.24) is 10.6 Å². The molecule has 1 heterocycles. The highest BCUT2D eigenvalue weighted by molar-refractivity contribution is 7.80. The van der Waals surface area contributed by atoms with Crippen molar-refractivity contribution >= 4 is 29.1 Å². The normalized spacial score (nSPS) is 24.0. The van der Waals surface area contributed by atoms with Crippen LogP contribution in [-0.4, -0.2) is 36.8 Å². The van der Waals surface area contributed by atoms with E-state index >= 15 is 0 Å². The van der Waals surface area contributed by atoms with Crippen molar-refractivity contribution in [2.24, 2.45) is 5.92 Å². The Bertz CT molecular complexity index is 891. The first-order valence-corrected chi connectivity index (χ1v) is 8.90. The van der Waals surface area contributed by atoms with Gasteiger partial charge in [-0.1, -0.05) is 42.5 Å². The number of methoxy groups -OCH3 is 2. The lowest BCUT2D eigenvalue weighted by atomic mass is 9.77. The first kappa shape index (κ1) is 19.9. The lowest BCUT2D eigenvalue weighted by molar-refractivity contribution is -0.177. The summed E-state index contributed by atoms with van der Waals surface area (Å²) < 4.78 is 23.9. The average molecular weight is 402 g/mol. The number of benzene rings is 2. The van der Waals surface area contributed by atoms with Gasteiger partial charge in [-0.3, -0.25) is 4.79 Å². The maximum Gasteiger partial charge on any atom is 0.360 e. The summed E-state index contributed by atoms with van der Waals surface area (Å²) in [6, 6.07) is 13.4. The Morgan fingerprint density at radius 3 is 2.29 bits per heavy atom. The van der Waals surface area contributed by atoms with Crippen LogP contribution in [0.15, 0.2) is 54.6 Å². The third-order valence-corrected chi connectivity index (χ3v) is 4.96. The molecule has 3 unspecified atom stereocenters. The predicted octanol–water partition coefficient (Wildman–Crippen LogP) is 2.36. The minimum Gasteiger partial charge on any atom is -0.465 e. The maximum atomic E-state index is 13.5. The molecule has 1 aliphatic rings. The molecule has 2 aromatic rings. The second-order valence-corrected chi connectivity index (χ2v) is 6.68. The quantitative estimate of drug-likeness (QED) is 0.452. The van der Waals surface area contributed by atoms with E-state index in [4.69, 9.17) is 21.7 Å². The second-order valence-electron chi connectivity index (χ2n) is 6.27. The molecule has 2 N–H and O–H groups in total. The van der Waals surface area contributed by atoms with Gasteiger partial charge in [-0.05, 0) is 29.9 Å². The predicted molar refractivity (Wildman–Crippen MR) is 104 cm³/mol. The van der Waals surface area contributed by atoms with Gasteiger partial charge >= 0.3 is 5.97 Å². The number of hydrogen-bond acceptors (Lipinski definition) is 5. The van der Waals surface area contributed by atoms with Gasteiger partial charge in [-0.2, -0.15) is 0 Å². The zero-order chi connectivity index (χ0) is 20.3. The molecule has 146 valence electrons. The van der Waals surface area contributed by atoms with Gasteiger partial charge in [0.05, 0.1) is 13.2 Å². The van der Waals surface area contributed by atoms with Crippen molar-refractivity contribution in [1.29, 1.82) is 0 Å². The standard InChI is InChI=1S/C20H19FN2O4S/c1-26-18(25)20(27-2)15(17(24)13-6-4-3-5-7-13)16(22-19(28)23-20)12-8-10-14(21)11-9-12/h3-11,15-16H,1-2H3,(H2,22,23,28). The van der Waals surface area contributed by atoms with Crippen molar-refractivity contribution in [2.75, 3.05) is 14.2 Å². The Kier molecular flexibility index (Phi) is 5.71. The molecule has 0 aromatic heterocycles. The number of carbonyl (C=O) groups excluding carboxylic acids is 2. The fraction of sp³-hybridized carbons (Fsp3) is 0.250. The topological polar surface area (TPSA) is 76.7 Å². The minimum atomic E-state index is -1.84. The van der Waals surface area contributed by atoms with Crippen LogP contribution in [0.4, 0.5) is 4.39 Å². The molecule has 28 heavy (non-hydrogen) atoms. The number of ether oxygens (including phenoxy) is 2. The summed E-state index contributed by atoms with van der Waals surface area (Å²) in [6.45, 7) is 0. The third kappa shape index (κ3) is 3.48. The molecule has 8 heteroatoms. The molecule has 6 nitrogen and oxygen atoms in total. The Morgan fingerprint density at radius 2 is 1.71 bits per heavy atom. The molecule has 3 atom stereocenters. The molecule has 0 radical (unpaired) electrons. The van der Waals surface area contributed by atoms with E-state index in [0.29, 0.717) is 11.1 Å². The lowest BCUT2D eigenvalue weighted by Gasteiger charge is -2.45. The molecular weight excluding hydrogens is 383 g/mol. The molecule has 1 fully saturated rings. The molecule has 0 amide bonds. The van der Waals surface area contributed by atoms with E-state index in [-0.39, 0.29) is 10.9 Å². The van der Waals surface area contributed by atoms with E-state index in [2.05, 4.69) is 10.6 Å². The zero-order valence-electron chi connectivity index (χ0n) is 15.3. The van der Waals surface area contributed by atoms with Crippen molar-refractivity contribution < 1.29 is 23.5 Å². The largest absolute Gasteiger partial charge is 0.465 e. The lowest BCUT2D eigenvalue weighted by Crippen LogP contribution is -2.71. The summed E-state index contributed by atoms with van der Waals surface area (Å²) in [5.74, 6) is -2.65. The van der Waals surface area contributed by atoms with E-state index in [1.54, 1.807) is 30.3 Å². The van der Waals surface area contributed by atoms with Crippen LogP contribution in [0.5, 0.6) is 0 Å². The van der Waals surface area contributed by atoms with Crippen molar-refractivity contribution in [2.45, 2.75) is 11.8 Å². The Balaban J connectivity index is 2.18. The molecule has 3 rings (SSSR count). The van der Waals surface area contributed by atoms with E-state index in [1.165, 1.54) is 38.5 Å². The van der Waals surface area contributed by atoms with E-state index in [0.717, 1.165) is 0 Å². The maximum absolute atomic E-state index is 13.5. The van der Waals surface area contributed by atoms with Crippen LogP contribution in [0.2, 0.25) is 0 Å². The number of Topliss-reactive ketones (excluding diaryl/α,β-unsaturated/α-hetero) is 1. The number of halogens is 1. The Hall–Kier alpha value is -2.84. The molecule has 0 spiro atoms. The van der Waals surface area contributed by atoms with Crippen LogP contribution < -0.4 is 10.6 Å². The summed E-state index contributed by atoms with van der Waals surface area (Å²) >= 11 is 5.25. The average Bonchev–Trinajstić information content (AvgIpc) is 2.73. The smallest absolute Gasteiger partial charge is 0.360 e. The summed E-state index contributed by atoms with van der Waals surface area (Å²) in [5, 5.41) is 5.89. The SMILES string of the molecule is COC(=O)C1(OC)NC(=S)NC(c2ccc(F)cc2)C1C(=O)c1ccccc1. The third-order valence-electron chi connectivity index (χ3n) is 4.74. The van der Waals surface area contributed by atoms with Gasteiger partial charge in [0.2, 0.25) is 0 Å². The highest BCUT2D eigenvalue weighted by atomic mass is 32.1. The van der Waals surface area contributed by atoms with Crippen LogP contribution >= 0.6 is 12.2 Å². The van der Waals surface area contributed by atoms with Gasteiger partial charge in [0, 0.05) is 12.7 Å². The van der Waals surface area contributed by atoms with Gasteiger partial charge in [0.15, 0.2) is 10.9 Å². The molecule has 1 saturated heterocycles. The van der Waals surface area contributed by atoms with Gasteiger partial charge < -0.3 is 20.1 Å². The Labute approximate surface area is 167 Å². The fourth-order valence-corrected chi connectivity index (χ4v) is 3.68. The number of hydrogen-bond donors (Lipinski definition) is 2. The number of carbonyl (C=O) groups is 2. The summed E-state index contributed by atoms with van der Waals surface area (Å²) in [5.41, 5.74) is -0.880. The highest BCUT2D eigenvalue weighted by Crippen LogP contribution is 2.38. The van der Waals surface area contributed by atoms with Crippen LogP contribution in [0.1, 0.15) is 22.0 Å². The van der Waals surface area contributed by atoms with Crippen molar-refractivity contribution in [3.8, 4) is 0 Å².